The Bertz CT molecular complexity index is 414. The molecule has 0 amide bonds. The first-order valence-corrected chi connectivity index (χ1v) is 6.57. The van der Waals surface area contributed by atoms with E-state index in [0.717, 1.165) is 5.56 Å². The number of benzene rings is 1. The fraction of sp³-hybridized carbons (Fsp3) is 0.600. The minimum Gasteiger partial charge on any atom is -0.394 e. The number of aliphatic hydroxyl groups is 1. The fourth-order valence-corrected chi connectivity index (χ4v) is 2.00. The van der Waals surface area contributed by atoms with Gasteiger partial charge in [-0.3, -0.25) is 0 Å². The normalized spacial score (nSPS) is 28.4. The Morgan fingerprint density at radius 2 is 1.74 bits per heavy atom. The third kappa shape index (κ3) is 3.34. The van der Waals surface area contributed by atoms with Crippen molar-refractivity contribution in [2.45, 2.75) is 38.0 Å². The zero-order chi connectivity index (χ0) is 14.1. The van der Waals surface area contributed by atoms with Crippen LogP contribution in [0.2, 0.25) is 0 Å². The summed E-state index contributed by atoms with van der Waals surface area (Å²) in [5.74, 6) is 0. The molecule has 1 aliphatic heterocycles. The van der Waals surface area contributed by atoms with Crippen molar-refractivity contribution in [1.82, 2.24) is 0 Å². The van der Waals surface area contributed by atoms with Gasteiger partial charge in [-0.1, -0.05) is 45.0 Å². The molecule has 1 saturated heterocycles. The van der Waals surface area contributed by atoms with E-state index in [4.69, 9.17) is 20.3 Å². The number of hydrogen-bond donors (Lipinski definition) is 2. The molecule has 0 aromatic heterocycles. The second-order valence-corrected chi connectivity index (χ2v) is 6.35. The molecule has 2 rings (SSSR count). The van der Waals surface area contributed by atoms with Crippen molar-refractivity contribution in [3.05, 3.63) is 35.4 Å². The van der Waals surface area contributed by atoms with Crippen LogP contribution in [0.1, 0.15) is 38.2 Å². The van der Waals surface area contributed by atoms with Gasteiger partial charge in [-0.2, -0.15) is 0 Å². The lowest BCUT2D eigenvalue weighted by molar-refractivity contribution is -0.216. The van der Waals surface area contributed by atoms with Crippen LogP contribution in [0.15, 0.2) is 24.3 Å². The molecule has 0 radical (unpaired) electrons. The number of ether oxygens (including phenoxy) is 2. The Morgan fingerprint density at radius 3 is 2.16 bits per heavy atom. The van der Waals surface area contributed by atoms with Crippen molar-refractivity contribution in [3.8, 4) is 0 Å². The number of rotatable bonds is 2. The maximum Gasteiger partial charge on any atom is 0.183 e. The van der Waals surface area contributed by atoms with Crippen molar-refractivity contribution in [1.29, 1.82) is 0 Å². The van der Waals surface area contributed by atoms with Crippen LogP contribution in [-0.4, -0.2) is 30.5 Å². The smallest absolute Gasteiger partial charge is 0.183 e. The third-order valence-corrected chi connectivity index (χ3v) is 3.41. The highest BCUT2D eigenvalue weighted by molar-refractivity contribution is 5.28. The number of nitrogens with two attached hydrogens (primary N) is 1. The van der Waals surface area contributed by atoms with Gasteiger partial charge in [-0.05, 0) is 11.0 Å². The van der Waals surface area contributed by atoms with Gasteiger partial charge in [0.25, 0.3) is 0 Å². The van der Waals surface area contributed by atoms with Crippen LogP contribution < -0.4 is 5.73 Å². The van der Waals surface area contributed by atoms with Crippen LogP contribution in [-0.2, 0) is 14.9 Å². The Balaban J connectivity index is 2.04. The van der Waals surface area contributed by atoms with E-state index in [0.29, 0.717) is 13.2 Å². The molecule has 0 spiro atoms. The minimum absolute atomic E-state index is 0.135. The van der Waals surface area contributed by atoms with Crippen LogP contribution in [0.4, 0.5) is 0 Å². The molecular weight excluding hydrogens is 242 g/mol. The van der Waals surface area contributed by atoms with Gasteiger partial charge >= 0.3 is 0 Å². The van der Waals surface area contributed by atoms with E-state index in [1.54, 1.807) is 0 Å². The van der Waals surface area contributed by atoms with E-state index in [2.05, 4.69) is 32.9 Å². The molecular formula is C15H23NO3. The van der Waals surface area contributed by atoms with Gasteiger partial charge in [0.05, 0.1) is 25.4 Å². The summed E-state index contributed by atoms with van der Waals surface area (Å²) in [6.07, 6.45) is -0.391. The number of hydrogen-bond acceptors (Lipinski definition) is 4. The third-order valence-electron chi connectivity index (χ3n) is 3.41. The molecule has 1 aromatic rings. The predicted octanol–water partition coefficient (Wildman–Crippen LogP) is 1.72. The molecule has 1 aromatic carbocycles. The van der Waals surface area contributed by atoms with Crippen molar-refractivity contribution in [3.63, 3.8) is 0 Å². The van der Waals surface area contributed by atoms with Gasteiger partial charge in [0.2, 0.25) is 0 Å². The molecule has 0 unspecified atom stereocenters. The lowest BCUT2D eigenvalue weighted by Gasteiger charge is -2.36. The largest absolute Gasteiger partial charge is 0.394 e. The van der Waals surface area contributed by atoms with E-state index in [9.17, 15) is 0 Å². The lowest BCUT2D eigenvalue weighted by Crippen LogP contribution is -2.55. The minimum atomic E-state index is -0.776. The summed E-state index contributed by atoms with van der Waals surface area (Å²) in [5.41, 5.74) is 7.49. The summed E-state index contributed by atoms with van der Waals surface area (Å²) in [6, 6.07) is 8.23. The lowest BCUT2D eigenvalue weighted by atomic mass is 9.86. The predicted molar refractivity (Wildman–Crippen MR) is 73.8 cm³/mol. The van der Waals surface area contributed by atoms with E-state index in [-0.39, 0.29) is 12.0 Å². The standard InChI is InChI=1S/C15H23NO3/c1-14(2,3)12-6-4-11(5-7-12)13-18-9-15(16,8-17)10-19-13/h4-7,13,17H,8-10,16H2,1-3H3. The number of aliphatic hydroxyl groups excluding tert-OH is 1. The molecule has 1 fully saturated rings. The average Bonchev–Trinajstić information content (AvgIpc) is 2.39. The van der Waals surface area contributed by atoms with Crippen molar-refractivity contribution in [2.75, 3.05) is 19.8 Å². The summed E-state index contributed by atoms with van der Waals surface area (Å²) in [7, 11) is 0. The summed E-state index contributed by atoms with van der Waals surface area (Å²) in [4.78, 5) is 0. The van der Waals surface area contributed by atoms with Gasteiger partial charge in [-0.15, -0.1) is 0 Å². The molecule has 19 heavy (non-hydrogen) atoms. The van der Waals surface area contributed by atoms with Crippen LogP contribution in [0, 0.1) is 0 Å². The van der Waals surface area contributed by atoms with Crippen LogP contribution in [0.25, 0.3) is 0 Å². The van der Waals surface area contributed by atoms with Gasteiger partial charge in [-0.25, -0.2) is 0 Å². The molecule has 3 N–H and O–H groups in total. The van der Waals surface area contributed by atoms with E-state index in [1.165, 1.54) is 5.56 Å². The summed E-state index contributed by atoms with van der Waals surface area (Å²) < 4.78 is 11.2. The van der Waals surface area contributed by atoms with Crippen LogP contribution in [0.5, 0.6) is 0 Å². The van der Waals surface area contributed by atoms with Gasteiger partial charge in [0, 0.05) is 5.56 Å². The van der Waals surface area contributed by atoms with E-state index < -0.39 is 11.8 Å². The Kier molecular flexibility index (Phi) is 3.97. The van der Waals surface area contributed by atoms with Gasteiger partial charge in [0.1, 0.15) is 0 Å². The Morgan fingerprint density at radius 1 is 1.21 bits per heavy atom. The monoisotopic (exact) mass is 265 g/mol. The first kappa shape index (κ1) is 14.5. The first-order valence-electron chi connectivity index (χ1n) is 6.57. The van der Waals surface area contributed by atoms with Crippen molar-refractivity contribution < 1.29 is 14.6 Å². The van der Waals surface area contributed by atoms with Crippen LogP contribution in [0.3, 0.4) is 0 Å². The SMILES string of the molecule is CC(C)(C)c1ccc(C2OCC(N)(CO)CO2)cc1. The highest BCUT2D eigenvalue weighted by Crippen LogP contribution is 2.28. The molecule has 0 aliphatic carbocycles. The first-order chi connectivity index (χ1) is 8.84. The molecule has 1 aliphatic rings. The summed E-state index contributed by atoms with van der Waals surface area (Å²) in [5, 5.41) is 9.15. The van der Waals surface area contributed by atoms with E-state index >= 15 is 0 Å². The van der Waals surface area contributed by atoms with Crippen LogP contribution >= 0.6 is 0 Å². The Hall–Kier alpha value is -0.940. The molecule has 0 saturated carbocycles. The molecule has 0 atom stereocenters. The second kappa shape index (κ2) is 5.21. The molecule has 4 heteroatoms. The molecule has 0 bridgehead atoms. The highest BCUT2D eigenvalue weighted by Gasteiger charge is 2.33. The maximum absolute atomic E-state index is 9.15. The molecule has 106 valence electrons. The van der Waals surface area contributed by atoms with Gasteiger partial charge < -0.3 is 20.3 Å². The molecule has 4 nitrogen and oxygen atoms in total. The van der Waals surface area contributed by atoms with Crippen molar-refractivity contribution in [2.24, 2.45) is 5.73 Å². The maximum atomic E-state index is 9.15. The molecule has 1 heterocycles. The quantitative estimate of drug-likeness (QED) is 0.854. The second-order valence-electron chi connectivity index (χ2n) is 6.35. The zero-order valence-electron chi connectivity index (χ0n) is 11.8. The zero-order valence-corrected chi connectivity index (χ0v) is 11.8. The van der Waals surface area contributed by atoms with E-state index in [1.807, 2.05) is 12.1 Å². The average molecular weight is 265 g/mol. The highest BCUT2D eigenvalue weighted by atomic mass is 16.7. The summed E-state index contributed by atoms with van der Waals surface area (Å²) in [6.45, 7) is 7.01. The van der Waals surface area contributed by atoms with Gasteiger partial charge in [0.15, 0.2) is 6.29 Å². The topological polar surface area (TPSA) is 64.7 Å². The fourth-order valence-electron chi connectivity index (χ4n) is 2.00. The van der Waals surface area contributed by atoms with Crippen molar-refractivity contribution >= 4 is 0 Å². The summed E-state index contributed by atoms with van der Waals surface area (Å²) >= 11 is 0. The Labute approximate surface area is 114 Å².